The maximum atomic E-state index is 12.8. The van der Waals surface area contributed by atoms with Crippen LogP contribution in [0.2, 0.25) is 0 Å². The third-order valence-electron chi connectivity index (χ3n) is 5.05. The van der Waals surface area contributed by atoms with Gasteiger partial charge in [-0.15, -0.1) is 0 Å². The Bertz CT molecular complexity index is 833. The summed E-state index contributed by atoms with van der Waals surface area (Å²) in [5.41, 5.74) is 2.34. The molecule has 0 saturated heterocycles. The van der Waals surface area contributed by atoms with Gasteiger partial charge in [-0.05, 0) is 30.0 Å². The van der Waals surface area contributed by atoms with Crippen molar-refractivity contribution in [3.8, 4) is 0 Å². The summed E-state index contributed by atoms with van der Waals surface area (Å²) in [5.74, 6) is -1.55. The number of hydrogen-bond acceptors (Lipinski definition) is 4. The topological polar surface area (TPSA) is 52.6 Å². The molecule has 0 bridgehead atoms. The molecule has 4 heteroatoms. The molecule has 2 aromatic carbocycles. The van der Waals surface area contributed by atoms with E-state index in [2.05, 4.69) is 0 Å². The number of ether oxygens (including phenoxy) is 2. The Morgan fingerprint density at radius 1 is 1.00 bits per heavy atom. The van der Waals surface area contributed by atoms with Crippen LogP contribution in [0.15, 0.2) is 54.6 Å². The van der Waals surface area contributed by atoms with Crippen molar-refractivity contribution in [1.82, 2.24) is 0 Å². The van der Waals surface area contributed by atoms with Gasteiger partial charge >= 0.3 is 11.9 Å². The van der Waals surface area contributed by atoms with E-state index in [-0.39, 0.29) is 5.92 Å². The van der Waals surface area contributed by atoms with Gasteiger partial charge < -0.3 is 9.47 Å². The van der Waals surface area contributed by atoms with E-state index in [0.29, 0.717) is 12.0 Å². The molecule has 3 rings (SSSR count). The van der Waals surface area contributed by atoms with Crippen LogP contribution in [0.4, 0.5) is 0 Å². The Kier molecular flexibility index (Phi) is 4.94. The van der Waals surface area contributed by atoms with Crippen molar-refractivity contribution in [2.24, 2.45) is 5.92 Å². The Morgan fingerprint density at radius 2 is 1.62 bits per heavy atom. The zero-order valence-electron chi connectivity index (χ0n) is 15.2. The SMILES string of the molecule is COC(=O)C1(C(=O)OC)c2ccccc2C[C@H]1/C=C/c1ccc(C)cc1. The van der Waals surface area contributed by atoms with E-state index in [1.807, 2.05) is 67.6 Å². The van der Waals surface area contributed by atoms with Crippen LogP contribution < -0.4 is 0 Å². The number of rotatable bonds is 4. The highest BCUT2D eigenvalue weighted by molar-refractivity contribution is 6.08. The summed E-state index contributed by atoms with van der Waals surface area (Å²) in [7, 11) is 2.60. The number of methoxy groups -OCH3 is 2. The lowest BCUT2D eigenvalue weighted by Gasteiger charge is -2.29. The van der Waals surface area contributed by atoms with Crippen molar-refractivity contribution in [2.75, 3.05) is 14.2 Å². The molecular weight excluding hydrogens is 328 g/mol. The molecule has 0 fully saturated rings. The Hall–Kier alpha value is -2.88. The number of carbonyl (C=O) groups excluding carboxylic acids is 2. The third kappa shape index (κ3) is 2.81. The van der Waals surface area contributed by atoms with Gasteiger partial charge in [-0.2, -0.15) is 0 Å². The van der Waals surface area contributed by atoms with Gasteiger partial charge in [0.2, 0.25) is 0 Å². The van der Waals surface area contributed by atoms with Gasteiger partial charge in [-0.1, -0.05) is 66.2 Å². The largest absolute Gasteiger partial charge is 0.468 e. The van der Waals surface area contributed by atoms with Gasteiger partial charge in [0.05, 0.1) is 14.2 Å². The summed E-state index contributed by atoms with van der Waals surface area (Å²) in [6.07, 6.45) is 4.43. The lowest BCUT2D eigenvalue weighted by atomic mass is 9.74. The Balaban J connectivity index is 2.09. The summed E-state index contributed by atoms with van der Waals surface area (Å²) in [5, 5.41) is 0. The molecule has 1 aliphatic carbocycles. The summed E-state index contributed by atoms with van der Waals surface area (Å²) >= 11 is 0. The Morgan fingerprint density at radius 3 is 2.23 bits per heavy atom. The van der Waals surface area contributed by atoms with Crippen LogP contribution in [-0.4, -0.2) is 26.2 Å². The van der Waals surface area contributed by atoms with E-state index in [4.69, 9.17) is 9.47 Å². The van der Waals surface area contributed by atoms with Crippen LogP contribution in [0, 0.1) is 12.8 Å². The fourth-order valence-corrected chi connectivity index (χ4v) is 3.72. The zero-order valence-corrected chi connectivity index (χ0v) is 15.2. The molecule has 134 valence electrons. The quantitative estimate of drug-likeness (QED) is 0.626. The third-order valence-corrected chi connectivity index (χ3v) is 5.05. The number of fused-ring (bicyclic) bond motifs is 1. The zero-order chi connectivity index (χ0) is 18.7. The van der Waals surface area contributed by atoms with Crippen molar-refractivity contribution in [3.63, 3.8) is 0 Å². The highest BCUT2D eigenvalue weighted by atomic mass is 16.5. The number of aryl methyl sites for hydroxylation is 1. The minimum Gasteiger partial charge on any atom is -0.468 e. The average molecular weight is 350 g/mol. The molecule has 0 unspecified atom stereocenters. The molecule has 0 amide bonds. The van der Waals surface area contributed by atoms with Crippen LogP contribution >= 0.6 is 0 Å². The van der Waals surface area contributed by atoms with E-state index >= 15 is 0 Å². The maximum Gasteiger partial charge on any atom is 0.328 e. The van der Waals surface area contributed by atoms with Crippen molar-refractivity contribution in [1.29, 1.82) is 0 Å². The van der Waals surface area contributed by atoms with Crippen LogP contribution in [0.1, 0.15) is 22.3 Å². The molecule has 1 aliphatic rings. The molecule has 0 saturated carbocycles. The van der Waals surface area contributed by atoms with Gasteiger partial charge in [0.1, 0.15) is 0 Å². The summed E-state index contributed by atoms with van der Waals surface area (Å²) in [6.45, 7) is 2.03. The van der Waals surface area contributed by atoms with Crippen molar-refractivity contribution in [2.45, 2.75) is 18.8 Å². The van der Waals surface area contributed by atoms with E-state index in [0.717, 1.165) is 11.1 Å². The van der Waals surface area contributed by atoms with Gasteiger partial charge in [0.25, 0.3) is 0 Å². The number of hydrogen-bond donors (Lipinski definition) is 0. The van der Waals surface area contributed by atoms with Crippen LogP contribution in [0.3, 0.4) is 0 Å². The smallest absolute Gasteiger partial charge is 0.328 e. The lowest BCUT2D eigenvalue weighted by Crippen LogP contribution is -2.48. The fourth-order valence-electron chi connectivity index (χ4n) is 3.72. The molecule has 0 aromatic heterocycles. The van der Waals surface area contributed by atoms with Crippen molar-refractivity contribution >= 4 is 18.0 Å². The second-order valence-corrected chi connectivity index (χ2v) is 6.53. The van der Waals surface area contributed by atoms with Crippen molar-refractivity contribution in [3.05, 3.63) is 76.9 Å². The summed E-state index contributed by atoms with van der Waals surface area (Å²) in [6, 6.07) is 15.5. The molecule has 4 nitrogen and oxygen atoms in total. The fraction of sp³-hybridized carbons (Fsp3) is 0.273. The van der Waals surface area contributed by atoms with Gasteiger partial charge in [-0.25, -0.2) is 0 Å². The second-order valence-electron chi connectivity index (χ2n) is 6.53. The minimum atomic E-state index is -1.47. The van der Waals surface area contributed by atoms with E-state index in [9.17, 15) is 9.59 Å². The normalized spacial score (nSPS) is 17.7. The van der Waals surface area contributed by atoms with E-state index in [1.54, 1.807) is 0 Å². The van der Waals surface area contributed by atoms with Gasteiger partial charge in [-0.3, -0.25) is 9.59 Å². The van der Waals surface area contributed by atoms with Gasteiger partial charge in [0.15, 0.2) is 5.41 Å². The first-order chi connectivity index (χ1) is 12.5. The summed E-state index contributed by atoms with van der Waals surface area (Å²) < 4.78 is 10.1. The Labute approximate surface area is 153 Å². The highest BCUT2D eigenvalue weighted by Gasteiger charge is 2.59. The van der Waals surface area contributed by atoms with Crippen molar-refractivity contribution < 1.29 is 19.1 Å². The maximum absolute atomic E-state index is 12.8. The summed E-state index contributed by atoms with van der Waals surface area (Å²) in [4.78, 5) is 25.6. The number of benzene rings is 2. The van der Waals surface area contributed by atoms with Crippen LogP contribution in [-0.2, 0) is 30.9 Å². The molecule has 26 heavy (non-hydrogen) atoms. The monoisotopic (exact) mass is 350 g/mol. The highest BCUT2D eigenvalue weighted by Crippen LogP contribution is 2.46. The first kappa shape index (κ1) is 17.9. The molecule has 0 radical (unpaired) electrons. The predicted octanol–water partition coefficient (Wildman–Crippen LogP) is 3.46. The van der Waals surface area contributed by atoms with Crippen LogP contribution in [0.25, 0.3) is 6.08 Å². The molecule has 1 atom stereocenters. The first-order valence-electron chi connectivity index (χ1n) is 8.54. The molecule has 0 aliphatic heterocycles. The molecule has 0 heterocycles. The minimum absolute atomic E-state index is 0.374. The lowest BCUT2D eigenvalue weighted by molar-refractivity contribution is -0.163. The van der Waals surface area contributed by atoms with E-state index < -0.39 is 17.4 Å². The molecule has 0 spiro atoms. The number of esters is 2. The first-order valence-corrected chi connectivity index (χ1v) is 8.54. The standard InChI is InChI=1S/C22H22O4/c1-15-8-10-16(11-9-15)12-13-18-14-17-6-4-5-7-19(17)22(18,20(23)25-2)21(24)26-3/h4-13,18H,14H2,1-3H3/b13-12+/t18-/m1/s1. The second kappa shape index (κ2) is 7.16. The average Bonchev–Trinajstić information content (AvgIpc) is 3.01. The van der Waals surface area contributed by atoms with E-state index in [1.165, 1.54) is 19.8 Å². The predicted molar refractivity (Wildman–Crippen MR) is 99.6 cm³/mol. The number of allylic oxidation sites excluding steroid dienone is 1. The molecule has 0 N–H and O–H groups in total. The van der Waals surface area contributed by atoms with Crippen LogP contribution in [0.5, 0.6) is 0 Å². The van der Waals surface area contributed by atoms with Gasteiger partial charge in [0, 0.05) is 5.92 Å². The molecule has 2 aromatic rings. The molecular formula is C22H22O4. The number of carbonyl (C=O) groups is 2.